The molecule has 0 aromatic carbocycles. The fourth-order valence-corrected chi connectivity index (χ4v) is 8.22. The molecule has 9 N–H and O–H groups in total. The lowest BCUT2D eigenvalue weighted by atomic mass is 9.97. The highest BCUT2D eigenvalue weighted by Crippen LogP contribution is 2.30. The van der Waals surface area contributed by atoms with Crippen molar-refractivity contribution in [1.82, 2.24) is 5.32 Å². The Kier molecular flexibility index (Phi) is 35.3. The van der Waals surface area contributed by atoms with Crippen LogP contribution in [0, 0.1) is 0 Å². The average molecular weight is 940 g/mol. The van der Waals surface area contributed by atoms with Gasteiger partial charge in [0.2, 0.25) is 5.91 Å². The molecule has 1 amide bonds. The third-order valence-corrected chi connectivity index (χ3v) is 12.5. The molecule has 12 atom stereocenters. The Bertz CT molecular complexity index is 1290. The summed E-state index contributed by atoms with van der Waals surface area (Å²) in [4.78, 5) is 13.2. The van der Waals surface area contributed by atoms with E-state index < -0.39 is 86.8 Å². The predicted molar refractivity (Wildman–Crippen MR) is 258 cm³/mol. The largest absolute Gasteiger partial charge is 0.394 e. The number of rotatable bonds is 39. The van der Waals surface area contributed by atoms with Crippen molar-refractivity contribution in [1.29, 1.82) is 0 Å². The van der Waals surface area contributed by atoms with Gasteiger partial charge in [0.15, 0.2) is 12.6 Å². The molecule has 0 saturated carbocycles. The van der Waals surface area contributed by atoms with Gasteiger partial charge in [-0.05, 0) is 64.2 Å². The van der Waals surface area contributed by atoms with E-state index in [1.54, 1.807) is 6.08 Å². The molecule has 2 heterocycles. The number of carbonyl (C=O) groups excluding carboxylic acids is 1. The van der Waals surface area contributed by atoms with Crippen molar-refractivity contribution < 1.29 is 64.6 Å². The highest BCUT2D eigenvalue weighted by Gasteiger charge is 2.51. The van der Waals surface area contributed by atoms with Gasteiger partial charge in [0.25, 0.3) is 0 Å². The molecule has 384 valence electrons. The van der Waals surface area contributed by atoms with Gasteiger partial charge in [0.05, 0.1) is 32.0 Å². The first-order valence-electron chi connectivity index (χ1n) is 25.9. The van der Waals surface area contributed by atoms with Crippen LogP contribution in [-0.2, 0) is 23.7 Å². The molecule has 2 saturated heterocycles. The second-order valence-electron chi connectivity index (χ2n) is 18.3. The van der Waals surface area contributed by atoms with Crippen molar-refractivity contribution in [2.75, 3.05) is 19.8 Å². The van der Waals surface area contributed by atoms with Gasteiger partial charge < -0.3 is 65.1 Å². The van der Waals surface area contributed by atoms with E-state index >= 15 is 0 Å². The van der Waals surface area contributed by atoms with Crippen LogP contribution in [0.5, 0.6) is 0 Å². The summed E-state index contributed by atoms with van der Waals surface area (Å²) in [5, 5.41) is 86.6. The lowest BCUT2D eigenvalue weighted by molar-refractivity contribution is -0.359. The molecule has 0 radical (unpaired) electrons. The van der Waals surface area contributed by atoms with Crippen LogP contribution in [0.25, 0.3) is 0 Å². The van der Waals surface area contributed by atoms with Crippen LogP contribution < -0.4 is 5.32 Å². The molecular weight excluding hydrogens is 847 g/mol. The minimum absolute atomic E-state index is 0.257. The fraction of sp³-hybridized carbons (Fsp3) is 0.827. The molecule has 0 bridgehead atoms. The maximum atomic E-state index is 13.2. The third-order valence-electron chi connectivity index (χ3n) is 12.5. The number of ether oxygens (including phenoxy) is 4. The molecular formula is C52H93NO13. The molecule has 14 heteroatoms. The summed E-state index contributed by atoms with van der Waals surface area (Å²) in [6.45, 7) is 2.71. The zero-order valence-electron chi connectivity index (χ0n) is 40.7. The number of hydrogen-bond donors (Lipinski definition) is 9. The van der Waals surface area contributed by atoms with Gasteiger partial charge in [-0.2, -0.15) is 0 Å². The Hall–Kier alpha value is -2.05. The van der Waals surface area contributed by atoms with E-state index in [1.165, 1.54) is 103 Å². The maximum absolute atomic E-state index is 13.2. The number of nitrogens with one attached hydrogen (secondary N) is 1. The van der Waals surface area contributed by atoms with Crippen molar-refractivity contribution in [3.63, 3.8) is 0 Å². The molecule has 2 rings (SSSR count). The number of allylic oxidation sites excluding steroid dienone is 7. The Morgan fingerprint density at radius 2 is 1.02 bits per heavy atom. The number of carbonyl (C=O) groups is 1. The smallest absolute Gasteiger partial charge is 0.220 e. The Balaban J connectivity index is 1.81. The summed E-state index contributed by atoms with van der Waals surface area (Å²) >= 11 is 0. The minimum atomic E-state index is -1.79. The van der Waals surface area contributed by atoms with Crippen molar-refractivity contribution in [3.8, 4) is 0 Å². The Labute approximate surface area is 397 Å². The summed E-state index contributed by atoms with van der Waals surface area (Å²) in [6.07, 6.45) is 28.7. The van der Waals surface area contributed by atoms with Crippen molar-refractivity contribution in [3.05, 3.63) is 48.6 Å². The highest BCUT2D eigenvalue weighted by atomic mass is 16.7. The third kappa shape index (κ3) is 25.5. The van der Waals surface area contributed by atoms with Crippen molar-refractivity contribution in [2.45, 2.75) is 254 Å². The van der Waals surface area contributed by atoms with Gasteiger partial charge in [-0.25, -0.2) is 0 Å². The number of aliphatic hydroxyl groups is 8. The molecule has 0 aromatic rings. The topological polar surface area (TPSA) is 228 Å². The molecule has 2 aliphatic rings. The lowest BCUT2D eigenvalue weighted by Crippen LogP contribution is -2.65. The van der Waals surface area contributed by atoms with E-state index in [9.17, 15) is 45.6 Å². The van der Waals surface area contributed by atoms with Gasteiger partial charge in [-0.15, -0.1) is 0 Å². The molecule has 12 unspecified atom stereocenters. The van der Waals surface area contributed by atoms with E-state index in [0.29, 0.717) is 12.8 Å². The first kappa shape index (κ1) is 60.1. The van der Waals surface area contributed by atoms with Crippen molar-refractivity contribution >= 4 is 5.91 Å². The number of unbranched alkanes of at least 4 members (excludes halogenated alkanes) is 20. The highest BCUT2D eigenvalue weighted by molar-refractivity contribution is 5.76. The minimum Gasteiger partial charge on any atom is -0.394 e. The van der Waals surface area contributed by atoms with Gasteiger partial charge in [0, 0.05) is 6.42 Å². The lowest BCUT2D eigenvalue weighted by Gasteiger charge is -2.46. The van der Waals surface area contributed by atoms with Crippen LogP contribution in [0.2, 0.25) is 0 Å². The van der Waals surface area contributed by atoms with Crippen LogP contribution in [0.1, 0.15) is 181 Å². The van der Waals surface area contributed by atoms with E-state index in [0.717, 1.165) is 44.9 Å². The average Bonchev–Trinajstić information content (AvgIpc) is 3.31. The van der Waals surface area contributed by atoms with Gasteiger partial charge >= 0.3 is 0 Å². The summed E-state index contributed by atoms with van der Waals surface area (Å²) < 4.78 is 22.6. The van der Waals surface area contributed by atoms with E-state index in [-0.39, 0.29) is 18.9 Å². The second kappa shape index (κ2) is 38.8. The van der Waals surface area contributed by atoms with Crippen LogP contribution in [0.3, 0.4) is 0 Å². The predicted octanol–water partition coefficient (Wildman–Crippen LogP) is 6.88. The second-order valence-corrected chi connectivity index (χ2v) is 18.3. The van der Waals surface area contributed by atoms with Crippen LogP contribution >= 0.6 is 0 Å². The first-order chi connectivity index (χ1) is 32.1. The van der Waals surface area contributed by atoms with E-state index in [1.807, 2.05) is 6.08 Å². The summed E-state index contributed by atoms with van der Waals surface area (Å²) in [6, 6.07) is -0.932. The van der Waals surface area contributed by atoms with Crippen molar-refractivity contribution in [2.24, 2.45) is 0 Å². The maximum Gasteiger partial charge on any atom is 0.220 e. The van der Waals surface area contributed by atoms with E-state index in [4.69, 9.17) is 18.9 Å². The molecule has 0 spiro atoms. The number of amides is 1. The summed E-state index contributed by atoms with van der Waals surface area (Å²) in [7, 11) is 0. The Morgan fingerprint density at radius 1 is 0.545 bits per heavy atom. The molecule has 0 aliphatic carbocycles. The quantitative estimate of drug-likeness (QED) is 0.0227. The SMILES string of the molecule is CCCCCCC/C=C\C/C=C\CCCCCCCCCCCC(=O)NC(COC1OC(CO)C(OC2OC(CO)C(O)C(O)C2O)C(O)C1O)C(O)/C=C/CC/C=C/CCCCCCC. The van der Waals surface area contributed by atoms with Gasteiger partial charge in [0.1, 0.15) is 48.8 Å². The zero-order chi connectivity index (χ0) is 48.2. The first-order valence-corrected chi connectivity index (χ1v) is 25.9. The normalized spacial score (nSPS) is 27.2. The molecule has 2 aliphatic heterocycles. The van der Waals surface area contributed by atoms with Gasteiger partial charge in [-0.3, -0.25) is 4.79 Å². The number of hydrogen-bond acceptors (Lipinski definition) is 13. The summed E-state index contributed by atoms with van der Waals surface area (Å²) in [5.74, 6) is -0.257. The Morgan fingerprint density at radius 3 is 1.58 bits per heavy atom. The van der Waals surface area contributed by atoms with Crippen LogP contribution in [0.15, 0.2) is 48.6 Å². The van der Waals surface area contributed by atoms with Crippen LogP contribution in [0.4, 0.5) is 0 Å². The molecule has 0 aromatic heterocycles. The molecule has 66 heavy (non-hydrogen) atoms. The fourth-order valence-electron chi connectivity index (χ4n) is 8.22. The number of aliphatic hydroxyl groups excluding tert-OH is 8. The van der Waals surface area contributed by atoms with Gasteiger partial charge in [-0.1, -0.05) is 159 Å². The summed E-state index contributed by atoms with van der Waals surface area (Å²) in [5.41, 5.74) is 0. The van der Waals surface area contributed by atoms with E-state index in [2.05, 4.69) is 55.6 Å². The van der Waals surface area contributed by atoms with Crippen LogP contribution in [-0.4, -0.2) is 140 Å². The molecule has 2 fully saturated rings. The monoisotopic (exact) mass is 940 g/mol. The zero-order valence-corrected chi connectivity index (χ0v) is 40.7. The molecule has 14 nitrogen and oxygen atoms in total. The standard InChI is InChI=1S/C52H93NO13/c1-3-5-7-9-11-13-15-16-17-18-19-20-21-22-23-24-26-28-30-32-34-36-44(57)53-40(41(56)35-33-31-29-27-25-14-12-10-8-6-4-2)39-63-51-49(62)47(60)50(43(38-55)65-51)66-52-48(61)46(59)45(58)42(37-54)64-52/h15-16,18-19,25,27,33,35,40-43,45-52,54-56,58-62H,3-14,17,20-24,26,28-32,34,36-39H2,1-2H3,(H,53,57)/b16-15-,19-18-,27-25+,35-33+.